The number of hydrogen-bond acceptors (Lipinski definition) is 6. The Morgan fingerprint density at radius 1 is 0.333 bits per heavy atom. The van der Waals surface area contributed by atoms with Gasteiger partial charge in [-0.15, -0.1) is 0 Å². The van der Waals surface area contributed by atoms with Crippen LogP contribution < -0.4 is 0 Å². The van der Waals surface area contributed by atoms with E-state index in [1.807, 2.05) is 0 Å². The highest BCUT2D eigenvalue weighted by Crippen LogP contribution is 2.24. The van der Waals surface area contributed by atoms with Crippen molar-refractivity contribution in [2.45, 2.75) is 240 Å². The molecule has 51 heavy (non-hydrogen) atoms. The minimum absolute atomic E-state index is 0.0639. The van der Waals surface area contributed by atoms with E-state index in [1.54, 1.807) is 0 Å². The summed E-state index contributed by atoms with van der Waals surface area (Å²) in [6, 6.07) is 0. The standard InChI is InChI=1S/C45H86O6/c1-7-13-19-22-25-28-34-39(31-16-10-4)43(46)49-37-42(51-45(48)41(33-18-12-6)36-30-27-24-21-15-9-3)38-50-44(47)40(32-17-11-5)35-29-26-23-20-14-8-2/h39-42H,7-38H2,1-6H3. The first-order valence-electron chi connectivity index (χ1n) is 22.4. The highest BCUT2D eigenvalue weighted by Gasteiger charge is 2.28. The maximum atomic E-state index is 13.7. The summed E-state index contributed by atoms with van der Waals surface area (Å²) >= 11 is 0. The third-order valence-electron chi connectivity index (χ3n) is 10.5. The molecular formula is C45H86O6. The fourth-order valence-electron chi connectivity index (χ4n) is 6.97. The smallest absolute Gasteiger partial charge is 0.309 e. The van der Waals surface area contributed by atoms with Gasteiger partial charge in [-0.1, -0.05) is 196 Å². The number of esters is 3. The van der Waals surface area contributed by atoms with E-state index < -0.39 is 6.10 Å². The fraction of sp³-hybridized carbons (Fsp3) is 0.933. The molecule has 0 amide bonds. The van der Waals surface area contributed by atoms with Crippen molar-refractivity contribution in [1.82, 2.24) is 0 Å². The van der Waals surface area contributed by atoms with E-state index in [4.69, 9.17) is 14.2 Å². The molecule has 0 aromatic heterocycles. The number of rotatable bonds is 38. The summed E-state index contributed by atoms with van der Waals surface area (Å²) in [5.41, 5.74) is 0. The predicted molar refractivity (Wildman–Crippen MR) is 215 cm³/mol. The predicted octanol–water partition coefficient (Wildman–Crippen LogP) is 13.7. The Labute approximate surface area is 317 Å². The zero-order valence-electron chi connectivity index (χ0n) is 34.9. The van der Waals surface area contributed by atoms with E-state index in [-0.39, 0.29) is 48.9 Å². The van der Waals surface area contributed by atoms with E-state index in [9.17, 15) is 14.4 Å². The van der Waals surface area contributed by atoms with Crippen LogP contribution >= 0.6 is 0 Å². The van der Waals surface area contributed by atoms with Crippen molar-refractivity contribution in [1.29, 1.82) is 0 Å². The van der Waals surface area contributed by atoms with Crippen LogP contribution in [0, 0.1) is 17.8 Å². The number of carbonyl (C=O) groups excluding carboxylic acids is 3. The molecule has 6 nitrogen and oxygen atoms in total. The Bertz CT molecular complexity index is 754. The van der Waals surface area contributed by atoms with E-state index in [0.29, 0.717) is 0 Å². The summed E-state index contributed by atoms with van der Waals surface area (Å²) < 4.78 is 17.9. The molecule has 0 spiro atoms. The number of ether oxygens (including phenoxy) is 3. The lowest BCUT2D eigenvalue weighted by Crippen LogP contribution is -2.35. The van der Waals surface area contributed by atoms with Crippen molar-refractivity contribution in [3.8, 4) is 0 Å². The van der Waals surface area contributed by atoms with Gasteiger partial charge in [0.2, 0.25) is 0 Å². The zero-order valence-corrected chi connectivity index (χ0v) is 34.9. The summed E-state index contributed by atoms with van der Waals surface area (Å²) in [6.45, 7) is 13.0. The van der Waals surface area contributed by atoms with Gasteiger partial charge in [0.1, 0.15) is 13.2 Å². The molecule has 0 aliphatic heterocycles. The van der Waals surface area contributed by atoms with Crippen LogP contribution in [0.5, 0.6) is 0 Å². The van der Waals surface area contributed by atoms with Crippen molar-refractivity contribution in [2.75, 3.05) is 13.2 Å². The number of carbonyl (C=O) groups is 3. The van der Waals surface area contributed by atoms with Gasteiger partial charge in [-0.2, -0.15) is 0 Å². The molecule has 0 aliphatic carbocycles. The van der Waals surface area contributed by atoms with Crippen LogP contribution in [-0.4, -0.2) is 37.2 Å². The third-order valence-corrected chi connectivity index (χ3v) is 10.5. The van der Waals surface area contributed by atoms with Gasteiger partial charge in [0.05, 0.1) is 17.8 Å². The van der Waals surface area contributed by atoms with Crippen LogP contribution in [0.25, 0.3) is 0 Å². The first-order valence-corrected chi connectivity index (χ1v) is 22.4. The van der Waals surface area contributed by atoms with Crippen LogP contribution in [-0.2, 0) is 28.6 Å². The maximum Gasteiger partial charge on any atom is 0.309 e. The molecule has 0 aliphatic rings. The molecule has 0 fully saturated rings. The van der Waals surface area contributed by atoms with Crippen LogP contribution in [0.15, 0.2) is 0 Å². The van der Waals surface area contributed by atoms with Gasteiger partial charge >= 0.3 is 17.9 Å². The van der Waals surface area contributed by atoms with E-state index >= 15 is 0 Å². The Hall–Kier alpha value is -1.59. The van der Waals surface area contributed by atoms with Gasteiger partial charge < -0.3 is 14.2 Å². The van der Waals surface area contributed by atoms with Crippen molar-refractivity contribution < 1.29 is 28.6 Å². The Morgan fingerprint density at radius 2 is 0.588 bits per heavy atom. The molecular weight excluding hydrogens is 636 g/mol. The highest BCUT2D eigenvalue weighted by molar-refractivity contribution is 5.74. The topological polar surface area (TPSA) is 78.9 Å². The van der Waals surface area contributed by atoms with E-state index in [1.165, 1.54) is 77.0 Å². The lowest BCUT2D eigenvalue weighted by atomic mass is 9.95. The molecule has 0 radical (unpaired) electrons. The first kappa shape index (κ1) is 49.4. The summed E-state index contributed by atoms with van der Waals surface area (Å²) in [5.74, 6) is -1.12. The molecule has 0 aromatic carbocycles. The SMILES string of the molecule is CCCCCCCCC(CCCC)C(=O)OCC(COC(=O)C(CCCC)CCCCCCCC)OC(=O)C(CCCC)CCCCCCCC. The molecule has 0 aromatic rings. The minimum atomic E-state index is -0.791. The molecule has 3 unspecified atom stereocenters. The minimum Gasteiger partial charge on any atom is -0.461 e. The van der Waals surface area contributed by atoms with E-state index in [2.05, 4.69) is 41.5 Å². The number of hydrogen-bond donors (Lipinski definition) is 0. The Morgan fingerprint density at radius 3 is 0.902 bits per heavy atom. The second-order valence-corrected chi connectivity index (χ2v) is 15.5. The molecule has 0 heterocycles. The Kier molecular flexibility index (Phi) is 35.6. The molecule has 0 bridgehead atoms. The van der Waals surface area contributed by atoms with Crippen LogP contribution in [0.4, 0.5) is 0 Å². The van der Waals surface area contributed by atoms with E-state index in [0.717, 1.165) is 116 Å². The maximum absolute atomic E-state index is 13.7. The zero-order chi connectivity index (χ0) is 37.8. The second-order valence-electron chi connectivity index (χ2n) is 15.5. The lowest BCUT2D eigenvalue weighted by molar-refractivity contribution is -0.172. The average Bonchev–Trinajstić information content (AvgIpc) is 3.13. The van der Waals surface area contributed by atoms with Crippen molar-refractivity contribution in [2.24, 2.45) is 17.8 Å². The summed E-state index contributed by atoms with van der Waals surface area (Å²) in [4.78, 5) is 40.5. The monoisotopic (exact) mass is 723 g/mol. The first-order chi connectivity index (χ1) is 24.9. The lowest BCUT2D eigenvalue weighted by Gasteiger charge is -2.24. The number of unbranched alkanes of at least 4 members (excludes halogenated alkanes) is 18. The molecule has 302 valence electrons. The fourth-order valence-corrected chi connectivity index (χ4v) is 6.97. The Balaban J connectivity index is 5.62. The summed E-state index contributed by atoms with van der Waals surface area (Å²) in [6.07, 6.45) is 31.5. The molecule has 0 rings (SSSR count). The molecule has 6 heteroatoms. The van der Waals surface area contributed by atoms with Crippen LogP contribution in [0.1, 0.15) is 234 Å². The van der Waals surface area contributed by atoms with Crippen LogP contribution in [0.3, 0.4) is 0 Å². The molecule has 3 atom stereocenters. The van der Waals surface area contributed by atoms with Gasteiger partial charge in [-0.25, -0.2) is 0 Å². The van der Waals surface area contributed by atoms with Crippen molar-refractivity contribution in [3.63, 3.8) is 0 Å². The second kappa shape index (κ2) is 36.8. The van der Waals surface area contributed by atoms with Gasteiger partial charge in [0.25, 0.3) is 0 Å². The molecule has 0 N–H and O–H groups in total. The normalized spacial score (nSPS) is 13.8. The van der Waals surface area contributed by atoms with Gasteiger partial charge in [-0.05, 0) is 38.5 Å². The van der Waals surface area contributed by atoms with Gasteiger partial charge in [-0.3, -0.25) is 14.4 Å². The average molecular weight is 723 g/mol. The van der Waals surface area contributed by atoms with Gasteiger partial charge in [0, 0.05) is 0 Å². The molecule has 0 saturated heterocycles. The highest BCUT2D eigenvalue weighted by atomic mass is 16.6. The quantitative estimate of drug-likeness (QED) is 0.0359. The summed E-state index contributed by atoms with van der Waals surface area (Å²) in [7, 11) is 0. The third kappa shape index (κ3) is 28.6. The van der Waals surface area contributed by atoms with Gasteiger partial charge in [0.15, 0.2) is 6.10 Å². The van der Waals surface area contributed by atoms with Crippen molar-refractivity contribution >= 4 is 17.9 Å². The van der Waals surface area contributed by atoms with Crippen LogP contribution in [0.2, 0.25) is 0 Å². The molecule has 0 saturated carbocycles. The summed E-state index contributed by atoms with van der Waals surface area (Å²) in [5, 5.41) is 0. The van der Waals surface area contributed by atoms with Crippen molar-refractivity contribution in [3.05, 3.63) is 0 Å². The largest absolute Gasteiger partial charge is 0.461 e.